The number of hydrogen-bond donors (Lipinski definition) is 3. The number of anilines is 1. The van der Waals surface area contributed by atoms with Crippen LogP contribution in [0.5, 0.6) is 17.2 Å². The van der Waals surface area contributed by atoms with Crippen molar-refractivity contribution in [2.75, 3.05) is 19.5 Å². The summed E-state index contributed by atoms with van der Waals surface area (Å²) in [6, 6.07) is 10.1. The summed E-state index contributed by atoms with van der Waals surface area (Å²) >= 11 is 1.19. The van der Waals surface area contributed by atoms with Crippen LogP contribution in [0.4, 0.5) is 11.4 Å². The molecule has 0 aromatic heterocycles. The Kier molecular flexibility index (Phi) is 6.08. The number of amidine groups is 1. The molecule has 0 atom stereocenters. The van der Waals surface area contributed by atoms with Crippen molar-refractivity contribution in [3.8, 4) is 17.2 Å². The van der Waals surface area contributed by atoms with Crippen molar-refractivity contribution < 1.29 is 24.2 Å². The van der Waals surface area contributed by atoms with Crippen molar-refractivity contribution in [3.63, 3.8) is 0 Å². The van der Waals surface area contributed by atoms with Gasteiger partial charge in [0.05, 0.1) is 24.8 Å². The highest BCUT2D eigenvalue weighted by atomic mass is 32.2. The Morgan fingerprint density at radius 3 is 2.34 bits per heavy atom. The third-order valence-corrected chi connectivity index (χ3v) is 4.78. The number of nitrogens with zero attached hydrogens (tertiary/aromatic N) is 1. The van der Waals surface area contributed by atoms with Gasteiger partial charge in [0.15, 0.2) is 16.7 Å². The van der Waals surface area contributed by atoms with Gasteiger partial charge in [-0.1, -0.05) is 0 Å². The standard InChI is InChI=1S/C20H19N3O5S/c1-11(24)21-13-4-6-14(7-5-13)22-20-23-19(26)17(29-20)10-12-8-15(27-2)18(25)16(9-12)28-3/h4-10,25H,1-3H3,(H,21,24)(H,22,23,26)/b17-10-. The summed E-state index contributed by atoms with van der Waals surface area (Å²) in [5.74, 6) is -0.0549. The van der Waals surface area contributed by atoms with Gasteiger partial charge in [0.2, 0.25) is 11.7 Å². The molecule has 1 aliphatic rings. The number of aromatic hydroxyl groups is 1. The van der Waals surface area contributed by atoms with Gasteiger partial charge in [-0.2, -0.15) is 0 Å². The molecular formula is C20H19N3O5S. The summed E-state index contributed by atoms with van der Waals surface area (Å²) in [7, 11) is 2.87. The molecule has 3 rings (SSSR count). The Hall–Kier alpha value is -3.46. The first-order valence-electron chi connectivity index (χ1n) is 8.52. The van der Waals surface area contributed by atoms with Gasteiger partial charge < -0.3 is 25.2 Å². The minimum atomic E-state index is -0.283. The number of phenolic OH excluding ortho intramolecular Hbond substituents is 1. The van der Waals surface area contributed by atoms with Gasteiger partial charge in [-0.15, -0.1) is 0 Å². The van der Waals surface area contributed by atoms with E-state index in [-0.39, 0.29) is 29.1 Å². The molecule has 3 N–H and O–H groups in total. The number of thioether (sulfide) groups is 1. The van der Waals surface area contributed by atoms with E-state index in [9.17, 15) is 14.7 Å². The fourth-order valence-corrected chi connectivity index (χ4v) is 3.41. The predicted molar refractivity (Wildman–Crippen MR) is 113 cm³/mol. The van der Waals surface area contributed by atoms with E-state index in [0.717, 1.165) is 0 Å². The van der Waals surface area contributed by atoms with E-state index in [2.05, 4.69) is 15.6 Å². The predicted octanol–water partition coefficient (Wildman–Crippen LogP) is 3.26. The quantitative estimate of drug-likeness (QED) is 0.649. The molecule has 8 nitrogen and oxygen atoms in total. The summed E-state index contributed by atoms with van der Waals surface area (Å²) in [6.45, 7) is 1.44. The van der Waals surface area contributed by atoms with E-state index in [1.165, 1.54) is 32.9 Å². The summed E-state index contributed by atoms with van der Waals surface area (Å²) in [5, 5.41) is 15.8. The van der Waals surface area contributed by atoms with Crippen LogP contribution in [-0.4, -0.2) is 36.3 Å². The zero-order valence-electron chi connectivity index (χ0n) is 16.0. The van der Waals surface area contributed by atoms with Crippen LogP contribution in [-0.2, 0) is 9.59 Å². The summed E-state index contributed by atoms with van der Waals surface area (Å²) in [6.07, 6.45) is 1.66. The van der Waals surface area contributed by atoms with Crippen LogP contribution < -0.4 is 20.1 Å². The smallest absolute Gasteiger partial charge is 0.264 e. The van der Waals surface area contributed by atoms with E-state index in [1.807, 2.05) is 0 Å². The lowest BCUT2D eigenvalue weighted by Gasteiger charge is -2.09. The molecule has 29 heavy (non-hydrogen) atoms. The number of ether oxygens (including phenoxy) is 2. The minimum absolute atomic E-state index is 0.106. The summed E-state index contributed by atoms with van der Waals surface area (Å²) in [5.41, 5.74) is 1.94. The molecule has 0 unspecified atom stereocenters. The van der Waals surface area contributed by atoms with Crippen molar-refractivity contribution in [2.45, 2.75) is 6.92 Å². The van der Waals surface area contributed by atoms with Gasteiger partial charge in [-0.05, 0) is 59.8 Å². The van der Waals surface area contributed by atoms with E-state index in [1.54, 1.807) is 42.5 Å². The number of phenols is 1. The number of rotatable bonds is 5. The Morgan fingerprint density at radius 2 is 1.79 bits per heavy atom. The maximum atomic E-state index is 12.3. The van der Waals surface area contributed by atoms with E-state index in [0.29, 0.717) is 27.0 Å². The summed E-state index contributed by atoms with van der Waals surface area (Å²) < 4.78 is 10.3. The number of hydrogen-bond acceptors (Lipinski definition) is 7. The first-order valence-corrected chi connectivity index (χ1v) is 9.33. The van der Waals surface area contributed by atoms with Crippen molar-refractivity contribution >= 4 is 46.2 Å². The maximum Gasteiger partial charge on any atom is 0.264 e. The molecule has 0 bridgehead atoms. The van der Waals surface area contributed by atoms with Gasteiger partial charge in [0.25, 0.3) is 5.91 Å². The SMILES string of the molecule is COc1cc(/C=C2\SC(=Nc3ccc(NC(C)=O)cc3)NC2=O)cc(OC)c1O. The van der Waals surface area contributed by atoms with Crippen molar-refractivity contribution in [2.24, 2.45) is 4.99 Å². The van der Waals surface area contributed by atoms with Crippen LogP contribution >= 0.6 is 11.8 Å². The topological polar surface area (TPSA) is 109 Å². The molecule has 0 aliphatic carbocycles. The van der Waals surface area contributed by atoms with E-state index >= 15 is 0 Å². The number of carbonyl (C=O) groups is 2. The number of benzene rings is 2. The normalized spacial score (nSPS) is 16.0. The Bertz CT molecular complexity index is 990. The second-order valence-corrected chi connectivity index (χ2v) is 7.01. The molecule has 1 aliphatic heterocycles. The van der Waals surface area contributed by atoms with Crippen LogP contribution in [0.3, 0.4) is 0 Å². The maximum absolute atomic E-state index is 12.3. The van der Waals surface area contributed by atoms with Crippen LogP contribution in [0.1, 0.15) is 12.5 Å². The molecule has 0 radical (unpaired) electrons. The van der Waals surface area contributed by atoms with E-state index in [4.69, 9.17) is 9.47 Å². The zero-order chi connectivity index (χ0) is 21.0. The number of carbonyl (C=O) groups excluding carboxylic acids is 2. The molecular weight excluding hydrogens is 394 g/mol. The van der Waals surface area contributed by atoms with Crippen LogP contribution in [0.15, 0.2) is 46.3 Å². The average Bonchev–Trinajstić information content (AvgIpc) is 3.02. The number of nitrogens with one attached hydrogen (secondary N) is 2. The largest absolute Gasteiger partial charge is 0.502 e. The fraction of sp³-hybridized carbons (Fsp3) is 0.150. The highest BCUT2D eigenvalue weighted by molar-refractivity contribution is 8.18. The van der Waals surface area contributed by atoms with Crippen molar-refractivity contribution in [1.29, 1.82) is 0 Å². The average molecular weight is 413 g/mol. The second kappa shape index (κ2) is 8.70. The first kappa shape index (κ1) is 20.3. The first-order chi connectivity index (χ1) is 13.9. The number of methoxy groups -OCH3 is 2. The molecule has 1 saturated heterocycles. The van der Waals surface area contributed by atoms with E-state index < -0.39 is 0 Å². The molecule has 0 spiro atoms. The molecule has 0 saturated carbocycles. The van der Waals surface area contributed by atoms with Crippen molar-refractivity contribution in [1.82, 2.24) is 5.32 Å². The van der Waals surface area contributed by atoms with Crippen LogP contribution in [0.25, 0.3) is 6.08 Å². The molecule has 2 aromatic rings. The van der Waals surface area contributed by atoms with Crippen LogP contribution in [0, 0.1) is 0 Å². The van der Waals surface area contributed by atoms with Gasteiger partial charge in [-0.3, -0.25) is 9.59 Å². The van der Waals surface area contributed by atoms with Crippen LogP contribution in [0.2, 0.25) is 0 Å². The van der Waals surface area contributed by atoms with Gasteiger partial charge in [0.1, 0.15) is 0 Å². The van der Waals surface area contributed by atoms with Crippen molar-refractivity contribution in [3.05, 3.63) is 46.9 Å². The molecule has 9 heteroatoms. The third kappa shape index (κ3) is 4.88. The fourth-order valence-electron chi connectivity index (χ4n) is 2.57. The lowest BCUT2D eigenvalue weighted by Crippen LogP contribution is -2.19. The highest BCUT2D eigenvalue weighted by Crippen LogP contribution is 2.38. The second-order valence-electron chi connectivity index (χ2n) is 5.98. The van der Waals surface area contributed by atoms with Gasteiger partial charge in [-0.25, -0.2) is 4.99 Å². The molecule has 1 heterocycles. The monoisotopic (exact) mass is 413 g/mol. The highest BCUT2D eigenvalue weighted by Gasteiger charge is 2.24. The Labute approximate surface area is 171 Å². The number of amides is 2. The molecule has 2 amide bonds. The summed E-state index contributed by atoms with van der Waals surface area (Å²) in [4.78, 5) is 28.2. The molecule has 1 fully saturated rings. The van der Waals surface area contributed by atoms with Gasteiger partial charge >= 0.3 is 0 Å². The minimum Gasteiger partial charge on any atom is -0.502 e. The Morgan fingerprint density at radius 1 is 1.17 bits per heavy atom. The molecule has 2 aromatic carbocycles. The third-order valence-electron chi connectivity index (χ3n) is 3.87. The number of aliphatic imine (C=N–C) groups is 1. The van der Waals surface area contributed by atoms with Gasteiger partial charge in [0, 0.05) is 12.6 Å². The molecule has 150 valence electrons. The Balaban J connectivity index is 1.81. The lowest BCUT2D eigenvalue weighted by molar-refractivity contribution is -0.115. The lowest BCUT2D eigenvalue weighted by atomic mass is 10.1. The zero-order valence-corrected chi connectivity index (χ0v) is 16.8.